The van der Waals surface area contributed by atoms with Gasteiger partial charge in [-0.2, -0.15) is 8.78 Å². The van der Waals surface area contributed by atoms with Gasteiger partial charge in [0.05, 0.1) is 13.2 Å². The van der Waals surface area contributed by atoms with Gasteiger partial charge in [-0.15, -0.1) is 0 Å². The second-order valence-corrected chi connectivity index (χ2v) is 10.8. The van der Waals surface area contributed by atoms with Gasteiger partial charge in [0.25, 0.3) is 0 Å². The van der Waals surface area contributed by atoms with Gasteiger partial charge in [-0.05, 0) is 92.9 Å². The molecule has 2 aliphatic rings. The molecule has 2 aromatic carbocycles. The van der Waals surface area contributed by atoms with Crippen LogP contribution in [0.25, 0.3) is 11.1 Å². The Morgan fingerprint density at radius 3 is 1.69 bits per heavy atom. The molecule has 0 spiro atoms. The Bertz CT molecular complexity index is 1010. The highest BCUT2D eigenvalue weighted by atomic mass is 19.2. The second kappa shape index (κ2) is 12.3. The van der Waals surface area contributed by atoms with Gasteiger partial charge in [0.15, 0.2) is 23.1 Å². The Balaban J connectivity index is 1.35. The lowest BCUT2D eigenvalue weighted by atomic mass is 9.69. The molecule has 0 heterocycles. The first-order chi connectivity index (χ1) is 17.4. The molecule has 198 valence electrons. The summed E-state index contributed by atoms with van der Waals surface area (Å²) in [6.45, 7) is 4.88. The lowest BCUT2D eigenvalue weighted by Crippen LogP contribution is -2.27. The molecule has 2 aliphatic carbocycles. The summed E-state index contributed by atoms with van der Waals surface area (Å²) < 4.78 is 69.7. The van der Waals surface area contributed by atoms with Crippen LogP contribution in [0.15, 0.2) is 24.3 Å². The fourth-order valence-electron chi connectivity index (χ4n) is 5.82. The molecule has 2 fully saturated rings. The summed E-state index contributed by atoms with van der Waals surface area (Å²) in [4.78, 5) is 0. The topological polar surface area (TPSA) is 18.5 Å². The van der Waals surface area contributed by atoms with E-state index in [1.807, 2.05) is 6.92 Å². The van der Waals surface area contributed by atoms with Crippen LogP contribution in [0.1, 0.15) is 78.1 Å². The lowest BCUT2D eigenvalue weighted by Gasteiger charge is -2.37. The number of rotatable bonds is 9. The van der Waals surface area contributed by atoms with Crippen LogP contribution in [-0.4, -0.2) is 13.2 Å². The molecule has 2 aromatic rings. The standard InChI is InChI=1S/C30H38F4O2/c1-3-4-17-35-25-15-13-23(27(31)29(25)33)24-14-16-26(30(34)28(24)32)36-18-20-7-11-22(12-8-20)21-9-5-19(2)6-10-21/h13-16,19-22H,3-12,17-18H2,1-2H3. The molecule has 0 amide bonds. The SMILES string of the molecule is CCCCOc1ccc(-c2ccc(OCC3CCC(C4CCC(C)CC4)CC3)c(F)c2F)c(F)c1F. The summed E-state index contributed by atoms with van der Waals surface area (Å²) >= 11 is 0. The fourth-order valence-corrected chi connectivity index (χ4v) is 5.82. The molecule has 6 heteroatoms. The van der Waals surface area contributed by atoms with Crippen molar-refractivity contribution in [3.8, 4) is 22.6 Å². The van der Waals surface area contributed by atoms with Crippen molar-refractivity contribution in [2.75, 3.05) is 13.2 Å². The molecule has 36 heavy (non-hydrogen) atoms. The van der Waals surface area contributed by atoms with E-state index in [4.69, 9.17) is 9.47 Å². The smallest absolute Gasteiger partial charge is 0.201 e. The summed E-state index contributed by atoms with van der Waals surface area (Å²) in [5.41, 5.74) is -0.701. The van der Waals surface area contributed by atoms with Crippen LogP contribution >= 0.6 is 0 Å². The van der Waals surface area contributed by atoms with Gasteiger partial charge >= 0.3 is 0 Å². The first-order valence-electron chi connectivity index (χ1n) is 13.6. The van der Waals surface area contributed by atoms with Gasteiger partial charge in [-0.1, -0.05) is 33.1 Å². The average Bonchev–Trinajstić information content (AvgIpc) is 2.89. The quantitative estimate of drug-likeness (QED) is 0.249. The van der Waals surface area contributed by atoms with Gasteiger partial charge in [-0.3, -0.25) is 0 Å². The van der Waals surface area contributed by atoms with E-state index in [1.165, 1.54) is 62.8 Å². The number of halogens is 4. The summed E-state index contributed by atoms with van der Waals surface area (Å²) in [5, 5.41) is 0. The van der Waals surface area contributed by atoms with Crippen molar-refractivity contribution in [3.63, 3.8) is 0 Å². The molecule has 4 rings (SSSR count). The zero-order chi connectivity index (χ0) is 25.7. The van der Waals surface area contributed by atoms with E-state index in [9.17, 15) is 17.6 Å². The van der Waals surface area contributed by atoms with Crippen LogP contribution in [0.2, 0.25) is 0 Å². The van der Waals surface area contributed by atoms with Crippen LogP contribution < -0.4 is 9.47 Å². The molecule has 0 unspecified atom stereocenters. The maximum Gasteiger partial charge on any atom is 0.201 e. The van der Waals surface area contributed by atoms with E-state index in [0.29, 0.717) is 18.9 Å². The number of hydrogen-bond donors (Lipinski definition) is 0. The maximum absolute atomic E-state index is 14.9. The van der Waals surface area contributed by atoms with Crippen LogP contribution in [0.5, 0.6) is 11.5 Å². The minimum absolute atomic E-state index is 0.194. The first-order valence-corrected chi connectivity index (χ1v) is 13.6. The van der Waals surface area contributed by atoms with Crippen LogP contribution in [0.4, 0.5) is 17.6 Å². The Morgan fingerprint density at radius 1 is 0.667 bits per heavy atom. The van der Waals surface area contributed by atoms with Gasteiger partial charge in [0, 0.05) is 11.1 Å². The maximum atomic E-state index is 14.9. The van der Waals surface area contributed by atoms with E-state index in [2.05, 4.69) is 6.92 Å². The van der Waals surface area contributed by atoms with E-state index in [1.54, 1.807) is 0 Å². The third kappa shape index (κ3) is 6.18. The monoisotopic (exact) mass is 506 g/mol. The molecule has 0 bridgehead atoms. The molecule has 2 saturated carbocycles. The molecule has 0 radical (unpaired) electrons. The lowest BCUT2D eigenvalue weighted by molar-refractivity contribution is 0.124. The average molecular weight is 507 g/mol. The predicted octanol–water partition coefficient (Wildman–Crippen LogP) is 9.10. The van der Waals surface area contributed by atoms with E-state index >= 15 is 0 Å². The number of ether oxygens (including phenoxy) is 2. The molecule has 0 aromatic heterocycles. The second-order valence-electron chi connectivity index (χ2n) is 10.8. The van der Waals surface area contributed by atoms with Crippen molar-refractivity contribution in [1.82, 2.24) is 0 Å². The summed E-state index contributed by atoms with van der Waals surface area (Å²) in [6.07, 6.45) is 11.3. The van der Waals surface area contributed by atoms with Gasteiger partial charge < -0.3 is 9.47 Å². The minimum Gasteiger partial charge on any atom is -0.490 e. The zero-order valence-electron chi connectivity index (χ0n) is 21.4. The highest BCUT2D eigenvalue weighted by Crippen LogP contribution is 2.41. The third-order valence-electron chi connectivity index (χ3n) is 8.23. The van der Waals surface area contributed by atoms with Crippen LogP contribution in [0.3, 0.4) is 0 Å². The molecular weight excluding hydrogens is 468 g/mol. The number of unbranched alkanes of at least 4 members (excludes halogenated alkanes) is 1. The van der Waals surface area contributed by atoms with Crippen molar-refractivity contribution in [2.45, 2.75) is 78.1 Å². The molecule has 2 nitrogen and oxygen atoms in total. The van der Waals surface area contributed by atoms with E-state index in [-0.39, 0.29) is 29.2 Å². The molecule has 0 saturated heterocycles. The minimum atomic E-state index is -1.26. The molecular formula is C30H38F4O2. The highest BCUT2D eigenvalue weighted by Gasteiger charge is 2.30. The van der Waals surface area contributed by atoms with Crippen molar-refractivity contribution in [2.24, 2.45) is 23.7 Å². The molecule has 0 N–H and O–H groups in total. The number of benzene rings is 2. The Hall–Kier alpha value is -2.24. The van der Waals surface area contributed by atoms with Gasteiger partial charge in [0.1, 0.15) is 0 Å². The molecule has 0 aliphatic heterocycles. The Morgan fingerprint density at radius 2 is 1.17 bits per heavy atom. The summed E-state index contributed by atoms with van der Waals surface area (Å²) in [5.74, 6) is -2.54. The number of hydrogen-bond acceptors (Lipinski definition) is 2. The third-order valence-corrected chi connectivity index (χ3v) is 8.23. The Kier molecular flexibility index (Phi) is 9.19. The van der Waals surface area contributed by atoms with Crippen molar-refractivity contribution < 1.29 is 27.0 Å². The normalized spacial score (nSPS) is 24.5. The highest BCUT2D eigenvalue weighted by molar-refractivity contribution is 5.67. The summed E-state index contributed by atoms with van der Waals surface area (Å²) in [7, 11) is 0. The van der Waals surface area contributed by atoms with Gasteiger partial charge in [0.2, 0.25) is 11.6 Å². The van der Waals surface area contributed by atoms with Crippen molar-refractivity contribution in [3.05, 3.63) is 47.5 Å². The molecule has 0 atom stereocenters. The zero-order valence-corrected chi connectivity index (χ0v) is 21.4. The van der Waals surface area contributed by atoms with E-state index in [0.717, 1.165) is 37.0 Å². The van der Waals surface area contributed by atoms with Crippen molar-refractivity contribution in [1.29, 1.82) is 0 Å². The van der Waals surface area contributed by atoms with Crippen LogP contribution in [0, 0.1) is 46.9 Å². The van der Waals surface area contributed by atoms with Crippen molar-refractivity contribution >= 4 is 0 Å². The Labute approximate surface area is 212 Å². The van der Waals surface area contributed by atoms with Gasteiger partial charge in [-0.25, -0.2) is 8.78 Å². The first kappa shape index (κ1) is 26.8. The fraction of sp³-hybridized carbons (Fsp3) is 0.600. The van der Waals surface area contributed by atoms with Crippen LogP contribution in [-0.2, 0) is 0 Å². The largest absolute Gasteiger partial charge is 0.490 e. The predicted molar refractivity (Wildman–Crippen MR) is 134 cm³/mol. The van der Waals surface area contributed by atoms with E-state index < -0.39 is 23.3 Å². The summed E-state index contributed by atoms with van der Waals surface area (Å²) in [6, 6.07) is 4.99.